The van der Waals surface area contributed by atoms with Crippen LogP contribution in [0.2, 0.25) is 0 Å². The molecule has 5 nitrogen and oxygen atoms in total. The van der Waals surface area contributed by atoms with Gasteiger partial charge in [-0.2, -0.15) is 0 Å². The number of benzene rings is 1. The Hall–Kier alpha value is -2.14. The molecule has 0 aliphatic carbocycles. The van der Waals surface area contributed by atoms with E-state index in [2.05, 4.69) is 20.2 Å². The lowest BCUT2D eigenvalue weighted by Gasteiger charge is -2.11. The van der Waals surface area contributed by atoms with E-state index in [1.807, 2.05) is 50.4 Å². The molecule has 2 N–H and O–H groups in total. The van der Waals surface area contributed by atoms with Crippen molar-refractivity contribution in [1.82, 2.24) is 20.2 Å². The molecular weight excluding hydrogens is 264 g/mol. The molecule has 0 unspecified atom stereocenters. The molecule has 0 radical (unpaired) electrons. The van der Waals surface area contributed by atoms with Crippen molar-refractivity contribution in [3.05, 3.63) is 48.0 Å². The lowest BCUT2D eigenvalue weighted by Crippen LogP contribution is -2.34. The molecule has 0 aliphatic heterocycles. The van der Waals surface area contributed by atoms with Crippen LogP contribution in [0.25, 0.3) is 5.69 Å². The van der Waals surface area contributed by atoms with E-state index in [9.17, 15) is 4.79 Å². The van der Waals surface area contributed by atoms with Gasteiger partial charge in [0.2, 0.25) is 5.91 Å². The first kappa shape index (κ1) is 15.3. The van der Waals surface area contributed by atoms with E-state index in [0.717, 1.165) is 30.2 Å². The third-order valence-corrected chi connectivity index (χ3v) is 3.19. The number of nitrogens with zero attached hydrogens (tertiary/aromatic N) is 2. The first-order chi connectivity index (χ1) is 10.2. The van der Waals surface area contributed by atoms with Crippen molar-refractivity contribution in [2.24, 2.45) is 0 Å². The molecule has 21 heavy (non-hydrogen) atoms. The Balaban J connectivity index is 1.97. The SMILES string of the molecule is CCCNC(=O)CNCc1cnc(C)n1-c1ccccc1. The lowest BCUT2D eigenvalue weighted by molar-refractivity contribution is -0.120. The van der Waals surface area contributed by atoms with E-state index in [0.29, 0.717) is 13.1 Å². The summed E-state index contributed by atoms with van der Waals surface area (Å²) in [5.41, 5.74) is 2.13. The number of hydrogen-bond donors (Lipinski definition) is 2. The normalized spacial score (nSPS) is 10.6. The first-order valence-corrected chi connectivity index (χ1v) is 7.28. The maximum atomic E-state index is 11.6. The first-order valence-electron chi connectivity index (χ1n) is 7.28. The zero-order valence-electron chi connectivity index (χ0n) is 12.6. The zero-order chi connectivity index (χ0) is 15.1. The van der Waals surface area contributed by atoms with E-state index in [1.54, 1.807) is 0 Å². The van der Waals surface area contributed by atoms with Crippen LogP contribution < -0.4 is 10.6 Å². The highest BCUT2D eigenvalue weighted by molar-refractivity contribution is 5.77. The van der Waals surface area contributed by atoms with Crippen molar-refractivity contribution in [2.75, 3.05) is 13.1 Å². The monoisotopic (exact) mass is 286 g/mol. The number of aryl methyl sites for hydroxylation is 1. The number of aromatic nitrogens is 2. The summed E-state index contributed by atoms with van der Waals surface area (Å²) in [7, 11) is 0. The largest absolute Gasteiger partial charge is 0.355 e. The molecule has 0 saturated heterocycles. The lowest BCUT2D eigenvalue weighted by atomic mass is 10.3. The Morgan fingerprint density at radius 1 is 1.29 bits per heavy atom. The van der Waals surface area contributed by atoms with Crippen LogP contribution in [-0.2, 0) is 11.3 Å². The molecule has 0 spiro atoms. The summed E-state index contributed by atoms with van der Waals surface area (Å²) in [5, 5.41) is 6.01. The van der Waals surface area contributed by atoms with Gasteiger partial charge in [0.25, 0.3) is 0 Å². The zero-order valence-corrected chi connectivity index (χ0v) is 12.6. The van der Waals surface area contributed by atoms with Gasteiger partial charge in [0, 0.05) is 18.8 Å². The molecular formula is C16H22N4O. The van der Waals surface area contributed by atoms with Crippen LogP contribution in [0.5, 0.6) is 0 Å². The summed E-state index contributed by atoms with van der Waals surface area (Å²) < 4.78 is 2.09. The molecule has 1 aromatic carbocycles. The fraction of sp³-hybridized carbons (Fsp3) is 0.375. The summed E-state index contributed by atoms with van der Waals surface area (Å²) in [5.74, 6) is 0.966. The third kappa shape index (κ3) is 4.16. The average Bonchev–Trinajstić information content (AvgIpc) is 2.87. The van der Waals surface area contributed by atoms with Gasteiger partial charge in [-0.3, -0.25) is 9.36 Å². The van der Waals surface area contributed by atoms with Crippen molar-refractivity contribution >= 4 is 5.91 Å². The van der Waals surface area contributed by atoms with Crippen molar-refractivity contribution in [2.45, 2.75) is 26.8 Å². The van der Waals surface area contributed by atoms with Crippen LogP contribution in [0.3, 0.4) is 0 Å². The van der Waals surface area contributed by atoms with E-state index in [-0.39, 0.29) is 5.91 Å². The quantitative estimate of drug-likeness (QED) is 0.816. The van der Waals surface area contributed by atoms with Gasteiger partial charge in [-0.1, -0.05) is 25.1 Å². The average molecular weight is 286 g/mol. The molecule has 2 aromatic rings. The van der Waals surface area contributed by atoms with Gasteiger partial charge < -0.3 is 10.6 Å². The topological polar surface area (TPSA) is 59.0 Å². The number of carbonyl (C=O) groups excluding carboxylic acids is 1. The molecule has 1 heterocycles. The number of para-hydroxylation sites is 1. The molecule has 0 saturated carbocycles. The van der Waals surface area contributed by atoms with Gasteiger partial charge in [0.05, 0.1) is 18.4 Å². The Kier molecular flexibility index (Phi) is 5.51. The molecule has 0 aliphatic rings. The highest BCUT2D eigenvalue weighted by atomic mass is 16.1. The maximum Gasteiger partial charge on any atom is 0.233 e. The van der Waals surface area contributed by atoms with Gasteiger partial charge in [0.1, 0.15) is 5.82 Å². The van der Waals surface area contributed by atoms with Crippen LogP contribution in [0.15, 0.2) is 36.5 Å². The summed E-state index contributed by atoms with van der Waals surface area (Å²) in [6, 6.07) is 10.1. The number of carbonyl (C=O) groups is 1. The van der Waals surface area contributed by atoms with Crippen LogP contribution in [0.4, 0.5) is 0 Å². The van der Waals surface area contributed by atoms with Crippen LogP contribution >= 0.6 is 0 Å². The number of amides is 1. The van der Waals surface area contributed by atoms with Crippen molar-refractivity contribution in [3.8, 4) is 5.69 Å². The van der Waals surface area contributed by atoms with Crippen molar-refractivity contribution in [3.63, 3.8) is 0 Å². The van der Waals surface area contributed by atoms with E-state index in [1.165, 1.54) is 0 Å². The predicted octanol–water partition coefficient (Wildman–Crippen LogP) is 1.80. The highest BCUT2D eigenvalue weighted by Crippen LogP contribution is 2.14. The van der Waals surface area contributed by atoms with Gasteiger partial charge in [-0.25, -0.2) is 4.98 Å². The fourth-order valence-corrected chi connectivity index (χ4v) is 2.18. The van der Waals surface area contributed by atoms with Crippen LogP contribution in [-0.4, -0.2) is 28.5 Å². The number of rotatable bonds is 7. The molecule has 2 rings (SSSR count). The Morgan fingerprint density at radius 3 is 2.76 bits per heavy atom. The van der Waals surface area contributed by atoms with E-state index >= 15 is 0 Å². The number of imidazole rings is 1. The molecule has 112 valence electrons. The van der Waals surface area contributed by atoms with E-state index in [4.69, 9.17) is 0 Å². The van der Waals surface area contributed by atoms with Gasteiger partial charge in [0.15, 0.2) is 0 Å². The summed E-state index contributed by atoms with van der Waals surface area (Å²) in [6.45, 7) is 5.66. The molecule has 0 atom stereocenters. The second kappa shape index (κ2) is 7.59. The minimum Gasteiger partial charge on any atom is -0.355 e. The molecule has 0 fully saturated rings. The third-order valence-electron chi connectivity index (χ3n) is 3.19. The van der Waals surface area contributed by atoms with Crippen molar-refractivity contribution in [1.29, 1.82) is 0 Å². The summed E-state index contributed by atoms with van der Waals surface area (Å²) in [4.78, 5) is 15.9. The van der Waals surface area contributed by atoms with Crippen molar-refractivity contribution < 1.29 is 4.79 Å². The van der Waals surface area contributed by atoms with Gasteiger partial charge in [-0.05, 0) is 25.5 Å². The highest BCUT2D eigenvalue weighted by Gasteiger charge is 2.08. The maximum absolute atomic E-state index is 11.6. The second-order valence-electron chi connectivity index (χ2n) is 4.92. The minimum atomic E-state index is 0.0272. The number of nitrogens with one attached hydrogen (secondary N) is 2. The summed E-state index contributed by atoms with van der Waals surface area (Å²) >= 11 is 0. The van der Waals surface area contributed by atoms with Crippen LogP contribution in [0.1, 0.15) is 24.9 Å². The Morgan fingerprint density at radius 2 is 2.05 bits per heavy atom. The standard InChI is InChI=1S/C16H22N4O/c1-3-9-18-16(21)12-17-10-15-11-19-13(2)20(15)14-7-5-4-6-8-14/h4-8,11,17H,3,9-10,12H2,1-2H3,(H,18,21). The van der Waals surface area contributed by atoms with Gasteiger partial charge in [-0.15, -0.1) is 0 Å². The Bertz CT molecular complexity index is 577. The van der Waals surface area contributed by atoms with Gasteiger partial charge >= 0.3 is 0 Å². The predicted molar refractivity (Wildman–Crippen MR) is 83.3 cm³/mol. The Labute approximate surface area is 125 Å². The van der Waals surface area contributed by atoms with E-state index < -0.39 is 0 Å². The fourth-order valence-electron chi connectivity index (χ4n) is 2.18. The second-order valence-corrected chi connectivity index (χ2v) is 4.92. The summed E-state index contributed by atoms with van der Waals surface area (Å²) in [6.07, 6.45) is 2.80. The minimum absolute atomic E-state index is 0.0272. The van der Waals surface area contributed by atoms with Crippen LogP contribution in [0, 0.1) is 6.92 Å². The number of hydrogen-bond acceptors (Lipinski definition) is 3. The molecule has 1 aromatic heterocycles. The molecule has 1 amide bonds. The molecule has 0 bridgehead atoms. The smallest absolute Gasteiger partial charge is 0.233 e. The molecule has 5 heteroatoms.